The van der Waals surface area contributed by atoms with Crippen molar-refractivity contribution in [2.75, 3.05) is 38.0 Å². The maximum atomic E-state index is 13.4. The molecule has 2 aromatic rings. The van der Waals surface area contributed by atoms with E-state index in [1.807, 2.05) is 13.8 Å². The van der Waals surface area contributed by atoms with Gasteiger partial charge in [-0.3, -0.25) is 14.6 Å². The summed E-state index contributed by atoms with van der Waals surface area (Å²) in [6, 6.07) is 4.81. The van der Waals surface area contributed by atoms with Crippen molar-refractivity contribution < 1.29 is 18.7 Å². The number of anilines is 1. The molecule has 1 fully saturated rings. The van der Waals surface area contributed by atoms with Gasteiger partial charge in [-0.05, 0) is 62.8 Å². The summed E-state index contributed by atoms with van der Waals surface area (Å²) in [6.07, 6.45) is 3.74. The van der Waals surface area contributed by atoms with Gasteiger partial charge in [-0.15, -0.1) is 11.3 Å². The van der Waals surface area contributed by atoms with E-state index in [9.17, 15) is 14.0 Å². The molecule has 0 spiro atoms. The van der Waals surface area contributed by atoms with Gasteiger partial charge < -0.3 is 10.1 Å². The van der Waals surface area contributed by atoms with E-state index in [1.54, 1.807) is 12.1 Å². The minimum atomic E-state index is -0.409. The number of thiophene rings is 1. The van der Waals surface area contributed by atoms with E-state index in [0.717, 1.165) is 63.0 Å². The van der Waals surface area contributed by atoms with Crippen molar-refractivity contribution in [1.29, 1.82) is 0 Å². The second-order valence-electron chi connectivity index (χ2n) is 9.22. The molecule has 0 atom stereocenters. The molecule has 0 saturated carbocycles. The molecule has 1 aliphatic carbocycles. The van der Waals surface area contributed by atoms with E-state index in [4.69, 9.17) is 16.3 Å². The molecule has 0 unspecified atom stereocenters. The van der Waals surface area contributed by atoms with Gasteiger partial charge in [0.05, 0.1) is 23.2 Å². The Kier molecular flexibility index (Phi) is 8.24. The molecule has 0 radical (unpaired) electrons. The molecule has 1 aliphatic heterocycles. The number of hydrogen-bond acceptors (Lipinski definition) is 6. The number of halogens is 2. The molecule has 0 bridgehead atoms. The van der Waals surface area contributed by atoms with Crippen LogP contribution in [-0.4, -0.2) is 60.5 Å². The van der Waals surface area contributed by atoms with E-state index in [0.29, 0.717) is 17.1 Å². The lowest BCUT2D eigenvalue weighted by molar-refractivity contribution is -0.117. The van der Waals surface area contributed by atoms with Gasteiger partial charge in [-0.2, -0.15) is 0 Å². The number of fused-ring (bicyclic) bond motifs is 1. The van der Waals surface area contributed by atoms with Gasteiger partial charge in [0.15, 0.2) is 0 Å². The number of esters is 1. The molecule has 2 aliphatic rings. The number of piperazine rings is 1. The van der Waals surface area contributed by atoms with Crippen molar-refractivity contribution in [3.63, 3.8) is 0 Å². The standard InChI is InChI=1S/C25H31ClFN3O3S/c1-16(2)33-25(32)23-18-5-3-4-6-21(18)34-24(23)28-22(31)15-30-11-9-29(10-12-30)14-17-7-8-20(27)19(26)13-17/h7-8,13,16H,3-6,9-12,14-15H2,1-2H3,(H,28,31). The average Bonchev–Trinajstić information content (AvgIpc) is 3.15. The molecule has 34 heavy (non-hydrogen) atoms. The van der Waals surface area contributed by atoms with Crippen LogP contribution in [0.2, 0.25) is 5.02 Å². The van der Waals surface area contributed by atoms with Crippen LogP contribution < -0.4 is 5.32 Å². The van der Waals surface area contributed by atoms with Crippen molar-refractivity contribution in [1.82, 2.24) is 9.80 Å². The molecular weight excluding hydrogens is 477 g/mol. The maximum absolute atomic E-state index is 13.4. The zero-order chi connectivity index (χ0) is 24.2. The van der Waals surface area contributed by atoms with Gasteiger partial charge >= 0.3 is 5.97 Å². The summed E-state index contributed by atoms with van der Waals surface area (Å²) in [7, 11) is 0. The van der Waals surface area contributed by atoms with E-state index in [-0.39, 0.29) is 29.5 Å². The molecule has 1 saturated heterocycles. The first-order valence-corrected chi connectivity index (χ1v) is 13.0. The molecule has 1 aromatic carbocycles. The third kappa shape index (κ3) is 6.16. The third-order valence-electron chi connectivity index (χ3n) is 6.19. The van der Waals surface area contributed by atoms with E-state index in [2.05, 4.69) is 15.1 Å². The minimum absolute atomic E-state index is 0.115. The molecule has 9 heteroatoms. The lowest BCUT2D eigenvalue weighted by Crippen LogP contribution is -2.48. The zero-order valence-electron chi connectivity index (χ0n) is 19.7. The van der Waals surface area contributed by atoms with Gasteiger partial charge in [-0.1, -0.05) is 17.7 Å². The van der Waals surface area contributed by atoms with Crippen molar-refractivity contribution >= 4 is 39.8 Å². The molecular formula is C25H31ClFN3O3S. The minimum Gasteiger partial charge on any atom is -0.459 e. The quantitative estimate of drug-likeness (QED) is 0.548. The summed E-state index contributed by atoms with van der Waals surface area (Å²) in [5.41, 5.74) is 2.57. The Morgan fingerprint density at radius 2 is 1.85 bits per heavy atom. The van der Waals surface area contributed by atoms with Crippen LogP contribution in [0.3, 0.4) is 0 Å². The Bertz CT molecular complexity index is 1050. The maximum Gasteiger partial charge on any atom is 0.341 e. The van der Waals surface area contributed by atoms with E-state index < -0.39 is 5.82 Å². The largest absolute Gasteiger partial charge is 0.459 e. The lowest BCUT2D eigenvalue weighted by atomic mass is 9.95. The van der Waals surface area contributed by atoms with Crippen molar-refractivity contribution in [2.24, 2.45) is 0 Å². The number of benzene rings is 1. The Morgan fingerprint density at radius 1 is 1.15 bits per heavy atom. The summed E-state index contributed by atoms with van der Waals surface area (Å²) in [6.45, 7) is 7.76. The number of nitrogens with one attached hydrogen (secondary N) is 1. The highest BCUT2D eigenvalue weighted by Gasteiger charge is 2.28. The molecule has 1 amide bonds. The van der Waals surface area contributed by atoms with Crippen molar-refractivity contribution in [3.05, 3.63) is 50.6 Å². The highest BCUT2D eigenvalue weighted by atomic mass is 35.5. The van der Waals surface area contributed by atoms with Crippen LogP contribution in [0.4, 0.5) is 9.39 Å². The second-order valence-corrected chi connectivity index (χ2v) is 10.7. The first-order chi connectivity index (χ1) is 16.3. The number of carbonyl (C=O) groups is 2. The number of nitrogens with zero attached hydrogens (tertiary/aromatic N) is 2. The number of hydrogen-bond donors (Lipinski definition) is 1. The van der Waals surface area contributed by atoms with Crippen LogP contribution in [0.15, 0.2) is 18.2 Å². The fourth-order valence-electron chi connectivity index (χ4n) is 4.51. The second kappa shape index (κ2) is 11.2. The summed E-state index contributed by atoms with van der Waals surface area (Å²) < 4.78 is 18.9. The van der Waals surface area contributed by atoms with Gasteiger partial charge in [0.2, 0.25) is 5.91 Å². The van der Waals surface area contributed by atoms with Crippen molar-refractivity contribution in [3.8, 4) is 0 Å². The number of carbonyl (C=O) groups excluding carboxylic acids is 2. The molecule has 4 rings (SSSR count). The van der Waals surface area contributed by atoms with E-state index in [1.165, 1.54) is 22.3 Å². The topological polar surface area (TPSA) is 61.9 Å². The first-order valence-electron chi connectivity index (χ1n) is 11.8. The van der Waals surface area contributed by atoms with Gasteiger partial charge in [-0.25, -0.2) is 9.18 Å². The Hall–Kier alpha value is -2.00. The zero-order valence-corrected chi connectivity index (χ0v) is 21.2. The van der Waals surface area contributed by atoms with Gasteiger partial charge in [0, 0.05) is 37.6 Å². The third-order valence-corrected chi connectivity index (χ3v) is 7.69. The molecule has 2 heterocycles. The summed E-state index contributed by atoms with van der Waals surface area (Å²) in [4.78, 5) is 31.2. The van der Waals surface area contributed by atoms with Crippen LogP contribution in [-0.2, 0) is 28.9 Å². The SMILES string of the molecule is CC(C)OC(=O)c1c(NC(=O)CN2CCN(Cc3ccc(F)c(Cl)c3)CC2)sc2c1CCCC2. The normalized spacial score (nSPS) is 17.0. The number of ether oxygens (including phenoxy) is 1. The summed E-state index contributed by atoms with van der Waals surface area (Å²) in [5.74, 6) is -0.872. The fourth-order valence-corrected chi connectivity index (χ4v) is 6.01. The summed E-state index contributed by atoms with van der Waals surface area (Å²) >= 11 is 7.41. The van der Waals surface area contributed by atoms with Crippen LogP contribution >= 0.6 is 22.9 Å². The molecule has 184 valence electrons. The lowest BCUT2D eigenvalue weighted by Gasteiger charge is -2.34. The van der Waals surface area contributed by atoms with Crippen molar-refractivity contribution in [2.45, 2.75) is 52.2 Å². The van der Waals surface area contributed by atoms with Crippen LogP contribution in [0, 0.1) is 5.82 Å². The summed E-state index contributed by atoms with van der Waals surface area (Å²) in [5, 5.41) is 3.76. The molecule has 1 aromatic heterocycles. The van der Waals surface area contributed by atoms with Crippen LogP contribution in [0.1, 0.15) is 53.1 Å². The smallest absolute Gasteiger partial charge is 0.341 e. The molecule has 1 N–H and O–H groups in total. The Balaban J connectivity index is 1.33. The highest BCUT2D eigenvalue weighted by Crippen LogP contribution is 2.38. The number of amides is 1. The average molecular weight is 508 g/mol. The Morgan fingerprint density at radius 3 is 2.56 bits per heavy atom. The number of aryl methyl sites for hydroxylation is 1. The first kappa shape index (κ1) is 25.1. The predicted molar refractivity (Wildman–Crippen MR) is 133 cm³/mol. The van der Waals surface area contributed by atoms with Gasteiger partial charge in [0.1, 0.15) is 10.8 Å². The Labute approximate surface area is 209 Å². The number of rotatable bonds is 7. The van der Waals surface area contributed by atoms with Crippen LogP contribution in [0.25, 0.3) is 0 Å². The highest BCUT2D eigenvalue weighted by molar-refractivity contribution is 7.17. The fraction of sp³-hybridized carbons (Fsp3) is 0.520. The van der Waals surface area contributed by atoms with Crippen LogP contribution in [0.5, 0.6) is 0 Å². The molecule has 6 nitrogen and oxygen atoms in total. The van der Waals surface area contributed by atoms with E-state index >= 15 is 0 Å². The predicted octanol–water partition coefficient (Wildman–Crippen LogP) is 4.74. The van der Waals surface area contributed by atoms with Gasteiger partial charge in [0.25, 0.3) is 0 Å². The monoisotopic (exact) mass is 507 g/mol.